The fraction of sp³-hybridized carbons (Fsp3) is 0.182. The van der Waals surface area contributed by atoms with Gasteiger partial charge in [0.25, 0.3) is 5.91 Å². The Bertz CT molecular complexity index is 536. The van der Waals surface area contributed by atoms with Crippen LogP contribution in [0.25, 0.3) is 0 Å². The molecule has 0 aromatic heterocycles. The molecule has 0 aliphatic carbocycles. The lowest BCUT2D eigenvalue weighted by Crippen LogP contribution is -2.19. The number of rotatable bonds is 2. The van der Waals surface area contributed by atoms with Gasteiger partial charge in [-0.3, -0.25) is 4.79 Å². The summed E-state index contributed by atoms with van der Waals surface area (Å²) in [5.41, 5.74) is 0.747. The van der Waals surface area contributed by atoms with Crippen molar-refractivity contribution in [1.29, 1.82) is 0 Å². The van der Waals surface area contributed by atoms with E-state index in [0.717, 1.165) is 5.01 Å². The highest BCUT2D eigenvalue weighted by Gasteiger charge is 2.24. The molecule has 6 nitrogen and oxygen atoms in total. The number of aromatic hydroxyl groups is 1. The molecule has 0 fully saturated rings. The summed E-state index contributed by atoms with van der Waals surface area (Å²) in [4.78, 5) is 22.4. The summed E-state index contributed by atoms with van der Waals surface area (Å²) >= 11 is 0. The van der Waals surface area contributed by atoms with Crippen LogP contribution in [0.1, 0.15) is 23.7 Å². The van der Waals surface area contributed by atoms with E-state index in [-0.39, 0.29) is 23.6 Å². The van der Waals surface area contributed by atoms with Gasteiger partial charge in [-0.2, -0.15) is 5.10 Å². The van der Waals surface area contributed by atoms with Crippen LogP contribution in [0, 0.1) is 0 Å². The summed E-state index contributed by atoms with van der Waals surface area (Å²) in [6, 6.07) is 3.90. The zero-order chi connectivity index (χ0) is 12.6. The standard InChI is InChI=1S/C11H10N2O4/c1-6-4-10(15)13(12-6)7-2-3-9(14)8(5-7)11(16)17/h2-3,5,14H,4H2,1H3,(H,16,17). The predicted octanol–water partition coefficient (Wildman–Crippen LogP) is 1.20. The van der Waals surface area contributed by atoms with Crippen LogP contribution < -0.4 is 5.01 Å². The van der Waals surface area contributed by atoms with E-state index in [4.69, 9.17) is 5.11 Å². The second-order valence-corrected chi connectivity index (χ2v) is 3.72. The molecule has 88 valence electrons. The van der Waals surface area contributed by atoms with E-state index < -0.39 is 5.97 Å². The van der Waals surface area contributed by atoms with E-state index >= 15 is 0 Å². The highest BCUT2D eigenvalue weighted by atomic mass is 16.4. The molecule has 0 atom stereocenters. The van der Waals surface area contributed by atoms with Crippen LogP contribution in [0.4, 0.5) is 5.69 Å². The molecule has 0 saturated heterocycles. The van der Waals surface area contributed by atoms with Crippen LogP contribution in [0.3, 0.4) is 0 Å². The molecule has 0 radical (unpaired) electrons. The number of nitrogens with zero attached hydrogens (tertiary/aromatic N) is 2. The number of benzene rings is 1. The maximum absolute atomic E-state index is 11.6. The number of aromatic carboxylic acids is 1. The van der Waals surface area contributed by atoms with Crippen LogP contribution in [0.2, 0.25) is 0 Å². The molecule has 0 saturated carbocycles. The summed E-state index contributed by atoms with van der Waals surface area (Å²) < 4.78 is 0. The fourth-order valence-corrected chi connectivity index (χ4v) is 1.58. The molecule has 1 aliphatic heterocycles. The predicted molar refractivity (Wildman–Crippen MR) is 60.3 cm³/mol. The zero-order valence-electron chi connectivity index (χ0n) is 9.04. The van der Waals surface area contributed by atoms with Crippen molar-refractivity contribution in [2.45, 2.75) is 13.3 Å². The van der Waals surface area contributed by atoms with Gasteiger partial charge in [-0.05, 0) is 25.1 Å². The van der Waals surface area contributed by atoms with E-state index in [1.54, 1.807) is 6.92 Å². The highest BCUT2D eigenvalue weighted by molar-refractivity contribution is 6.12. The Morgan fingerprint density at radius 3 is 2.71 bits per heavy atom. The molecule has 2 rings (SSSR count). The summed E-state index contributed by atoms with van der Waals surface area (Å²) in [6.45, 7) is 1.72. The topological polar surface area (TPSA) is 90.2 Å². The molecule has 1 aliphatic rings. The Morgan fingerprint density at radius 1 is 1.47 bits per heavy atom. The van der Waals surface area contributed by atoms with Gasteiger partial charge in [-0.15, -0.1) is 0 Å². The van der Waals surface area contributed by atoms with Crippen molar-refractivity contribution in [1.82, 2.24) is 0 Å². The van der Waals surface area contributed by atoms with Gasteiger partial charge in [0.05, 0.1) is 12.1 Å². The molecule has 0 spiro atoms. The monoisotopic (exact) mass is 234 g/mol. The lowest BCUT2D eigenvalue weighted by Gasteiger charge is -2.12. The van der Waals surface area contributed by atoms with Gasteiger partial charge >= 0.3 is 5.97 Å². The van der Waals surface area contributed by atoms with Crippen LogP contribution in [-0.4, -0.2) is 27.8 Å². The average Bonchev–Trinajstić information content (AvgIpc) is 2.58. The van der Waals surface area contributed by atoms with Gasteiger partial charge in [-0.1, -0.05) is 0 Å². The Labute approximate surface area is 96.8 Å². The number of carbonyl (C=O) groups is 2. The van der Waals surface area contributed by atoms with Crippen LogP contribution in [0.15, 0.2) is 23.3 Å². The SMILES string of the molecule is CC1=NN(c2ccc(O)c(C(=O)O)c2)C(=O)C1. The smallest absolute Gasteiger partial charge is 0.339 e. The molecule has 1 aromatic rings. The second-order valence-electron chi connectivity index (χ2n) is 3.72. The van der Waals surface area contributed by atoms with Crippen molar-refractivity contribution in [2.75, 3.05) is 5.01 Å². The van der Waals surface area contributed by atoms with Crippen molar-refractivity contribution >= 4 is 23.3 Å². The van der Waals surface area contributed by atoms with Gasteiger partial charge < -0.3 is 10.2 Å². The molecule has 1 heterocycles. The van der Waals surface area contributed by atoms with Crippen molar-refractivity contribution in [3.63, 3.8) is 0 Å². The minimum absolute atomic E-state index is 0.218. The lowest BCUT2D eigenvalue weighted by atomic mass is 10.1. The lowest BCUT2D eigenvalue weighted by molar-refractivity contribution is -0.116. The van der Waals surface area contributed by atoms with Gasteiger partial charge in [0.2, 0.25) is 0 Å². The Morgan fingerprint density at radius 2 is 2.18 bits per heavy atom. The normalized spacial score (nSPS) is 15.0. The quantitative estimate of drug-likeness (QED) is 0.804. The molecule has 0 bridgehead atoms. The summed E-state index contributed by atoms with van der Waals surface area (Å²) in [5, 5.41) is 23.3. The molecule has 17 heavy (non-hydrogen) atoms. The molecular formula is C11H10N2O4. The van der Waals surface area contributed by atoms with Crippen LogP contribution >= 0.6 is 0 Å². The van der Waals surface area contributed by atoms with Gasteiger partial charge in [0, 0.05) is 5.71 Å². The van der Waals surface area contributed by atoms with Crippen molar-refractivity contribution < 1.29 is 19.8 Å². The van der Waals surface area contributed by atoms with E-state index in [1.807, 2.05) is 0 Å². The molecule has 0 unspecified atom stereocenters. The van der Waals surface area contributed by atoms with E-state index in [0.29, 0.717) is 11.4 Å². The van der Waals surface area contributed by atoms with Crippen molar-refractivity contribution in [2.24, 2.45) is 5.10 Å². The third kappa shape index (κ3) is 1.96. The summed E-state index contributed by atoms with van der Waals surface area (Å²) in [6.07, 6.45) is 0.225. The first-order valence-electron chi connectivity index (χ1n) is 4.92. The first kappa shape index (κ1) is 11.1. The van der Waals surface area contributed by atoms with Crippen LogP contribution in [0.5, 0.6) is 5.75 Å². The maximum atomic E-state index is 11.6. The first-order chi connectivity index (χ1) is 7.99. The minimum Gasteiger partial charge on any atom is -0.507 e. The molecule has 1 aromatic carbocycles. The Kier molecular flexibility index (Phi) is 2.55. The number of hydrazone groups is 1. The molecular weight excluding hydrogens is 224 g/mol. The number of amides is 1. The third-order valence-electron chi connectivity index (χ3n) is 2.37. The number of anilines is 1. The maximum Gasteiger partial charge on any atom is 0.339 e. The first-order valence-corrected chi connectivity index (χ1v) is 4.92. The molecule has 2 N–H and O–H groups in total. The number of phenols is 1. The summed E-state index contributed by atoms with van der Waals surface area (Å²) in [7, 11) is 0. The minimum atomic E-state index is -1.25. The number of carboxylic acids is 1. The van der Waals surface area contributed by atoms with Crippen molar-refractivity contribution in [3.8, 4) is 5.75 Å². The number of carboxylic acid groups (broad SMARTS) is 1. The highest BCUT2D eigenvalue weighted by Crippen LogP contribution is 2.26. The van der Waals surface area contributed by atoms with Crippen LogP contribution in [-0.2, 0) is 4.79 Å². The summed E-state index contributed by atoms with van der Waals surface area (Å²) in [5.74, 6) is -1.81. The van der Waals surface area contributed by atoms with Crippen molar-refractivity contribution in [3.05, 3.63) is 23.8 Å². The number of carbonyl (C=O) groups excluding carboxylic acids is 1. The second kappa shape index (κ2) is 3.89. The van der Waals surface area contributed by atoms with E-state index in [2.05, 4.69) is 5.10 Å². The third-order valence-corrected chi connectivity index (χ3v) is 2.37. The number of hydrogen-bond acceptors (Lipinski definition) is 4. The number of hydrogen-bond donors (Lipinski definition) is 2. The van der Waals surface area contributed by atoms with E-state index in [9.17, 15) is 14.7 Å². The Balaban J connectivity index is 2.44. The van der Waals surface area contributed by atoms with E-state index in [1.165, 1.54) is 18.2 Å². The molecule has 6 heteroatoms. The average molecular weight is 234 g/mol. The van der Waals surface area contributed by atoms with Gasteiger partial charge in [0.15, 0.2) is 0 Å². The largest absolute Gasteiger partial charge is 0.507 e. The molecule has 1 amide bonds. The van der Waals surface area contributed by atoms with Gasteiger partial charge in [-0.25, -0.2) is 9.80 Å². The van der Waals surface area contributed by atoms with Gasteiger partial charge in [0.1, 0.15) is 11.3 Å². The zero-order valence-corrected chi connectivity index (χ0v) is 9.04. The fourth-order valence-electron chi connectivity index (χ4n) is 1.58. The Hall–Kier alpha value is -2.37.